The van der Waals surface area contributed by atoms with Crippen molar-refractivity contribution in [1.82, 2.24) is 9.29 Å². The Morgan fingerprint density at radius 3 is 2.37 bits per heavy atom. The molecule has 0 atom stereocenters. The highest BCUT2D eigenvalue weighted by Gasteiger charge is 2.26. The molecule has 1 amide bonds. The number of hydrogen-bond donors (Lipinski definition) is 0. The van der Waals surface area contributed by atoms with E-state index in [9.17, 15) is 17.6 Å². The van der Waals surface area contributed by atoms with Gasteiger partial charge in [-0.2, -0.15) is 4.31 Å². The Morgan fingerprint density at radius 2 is 1.71 bits per heavy atom. The Bertz CT molecular complexity index is 1650. The highest BCUT2D eigenvalue weighted by molar-refractivity contribution is 7.89. The van der Waals surface area contributed by atoms with Crippen LogP contribution in [0.15, 0.2) is 101 Å². The molecule has 7 nitrogen and oxygen atoms in total. The third-order valence-electron chi connectivity index (χ3n) is 6.02. The molecule has 0 saturated heterocycles. The van der Waals surface area contributed by atoms with Gasteiger partial charge in [-0.1, -0.05) is 54.7 Å². The van der Waals surface area contributed by atoms with Crippen molar-refractivity contribution >= 4 is 42.6 Å². The monoisotopic (exact) mass is 549 g/mol. The van der Waals surface area contributed by atoms with Crippen LogP contribution in [-0.4, -0.2) is 30.2 Å². The highest BCUT2D eigenvalue weighted by atomic mass is 32.2. The molecule has 0 aliphatic rings. The topological polar surface area (TPSA) is 83.7 Å². The van der Waals surface area contributed by atoms with E-state index in [4.69, 9.17) is 4.42 Å². The Morgan fingerprint density at radius 1 is 0.947 bits per heavy atom. The van der Waals surface area contributed by atoms with E-state index >= 15 is 0 Å². The van der Waals surface area contributed by atoms with Crippen molar-refractivity contribution in [3.8, 4) is 0 Å². The van der Waals surface area contributed by atoms with Crippen LogP contribution in [0.25, 0.3) is 10.2 Å². The van der Waals surface area contributed by atoms with Gasteiger partial charge in [0.1, 0.15) is 17.1 Å². The number of rotatable bonds is 9. The quantitative estimate of drug-likeness (QED) is 0.222. The smallest absolute Gasteiger partial charge is 0.260 e. The van der Waals surface area contributed by atoms with Crippen molar-refractivity contribution in [3.63, 3.8) is 0 Å². The third-order valence-corrected chi connectivity index (χ3v) is 9.00. The summed E-state index contributed by atoms with van der Waals surface area (Å²) in [5.41, 5.74) is 1.33. The molecule has 10 heteroatoms. The number of amides is 1. The van der Waals surface area contributed by atoms with Crippen LogP contribution in [0.5, 0.6) is 0 Å². The lowest BCUT2D eigenvalue weighted by molar-refractivity contribution is 0.0983. The zero-order valence-corrected chi connectivity index (χ0v) is 22.1. The van der Waals surface area contributed by atoms with Crippen LogP contribution in [-0.2, 0) is 23.1 Å². The van der Waals surface area contributed by atoms with Crippen molar-refractivity contribution in [2.45, 2.75) is 24.9 Å². The van der Waals surface area contributed by atoms with E-state index in [1.165, 1.54) is 57.1 Å². The maximum absolute atomic E-state index is 14.3. The fourth-order valence-corrected chi connectivity index (χ4v) is 6.45. The SMILES string of the molecule is CCN(Cc1ccccc1)S(=O)(=O)c1ccc(C(=O)N(Cc2ccco2)c2nc3c(F)cccc3s2)cc1. The molecular formula is C28H24FN3O4S2. The first-order chi connectivity index (χ1) is 18.4. The third kappa shape index (κ3) is 5.24. The van der Waals surface area contributed by atoms with Crippen LogP contribution in [0.3, 0.4) is 0 Å². The number of para-hydroxylation sites is 1. The molecule has 0 saturated carbocycles. The molecular weight excluding hydrogens is 525 g/mol. The molecule has 5 aromatic rings. The minimum Gasteiger partial charge on any atom is -0.467 e. The summed E-state index contributed by atoms with van der Waals surface area (Å²) in [6, 6.07) is 23.3. The number of thiazole rings is 1. The number of halogens is 1. The molecule has 2 heterocycles. The molecule has 194 valence electrons. The molecule has 0 fully saturated rings. The van der Waals surface area contributed by atoms with Gasteiger partial charge < -0.3 is 4.42 Å². The van der Waals surface area contributed by atoms with Gasteiger partial charge in [-0.05, 0) is 54.1 Å². The number of sulfonamides is 1. The van der Waals surface area contributed by atoms with Gasteiger partial charge in [-0.15, -0.1) is 0 Å². The van der Waals surface area contributed by atoms with E-state index in [2.05, 4.69) is 4.98 Å². The van der Waals surface area contributed by atoms with Gasteiger partial charge in [0.15, 0.2) is 5.13 Å². The molecule has 0 aliphatic carbocycles. The van der Waals surface area contributed by atoms with Crippen LogP contribution in [0.2, 0.25) is 0 Å². The van der Waals surface area contributed by atoms with Gasteiger partial charge >= 0.3 is 0 Å². The number of fused-ring (bicyclic) bond motifs is 1. The summed E-state index contributed by atoms with van der Waals surface area (Å²) in [7, 11) is -3.79. The Labute approximate surface area is 223 Å². The van der Waals surface area contributed by atoms with E-state index in [1.807, 2.05) is 30.3 Å². The summed E-state index contributed by atoms with van der Waals surface area (Å²) in [6.45, 7) is 2.40. The molecule has 5 rings (SSSR count). The predicted molar refractivity (Wildman–Crippen MR) is 145 cm³/mol. The number of anilines is 1. The molecule has 2 aromatic heterocycles. The fraction of sp³-hybridized carbons (Fsp3) is 0.143. The molecule has 0 bridgehead atoms. The van der Waals surface area contributed by atoms with Gasteiger partial charge in [-0.25, -0.2) is 17.8 Å². The molecule has 3 aromatic carbocycles. The number of hydrogen-bond acceptors (Lipinski definition) is 6. The van der Waals surface area contributed by atoms with Crippen molar-refractivity contribution in [2.24, 2.45) is 0 Å². The lowest BCUT2D eigenvalue weighted by Gasteiger charge is -2.21. The van der Waals surface area contributed by atoms with Crippen molar-refractivity contribution in [3.05, 3.63) is 114 Å². The van der Waals surface area contributed by atoms with Crippen LogP contribution >= 0.6 is 11.3 Å². The van der Waals surface area contributed by atoms with Crippen molar-refractivity contribution < 1.29 is 22.0 Å². The largest absolute Gasteiger partial charge is 0.467 e. The predicted octanol–water partition coefficient (Wildman–Crippen LogP) is 6.09. The Kier molecular flexibility index (Phi) is 7.37. The second-order valence-corrected chi connectivity index (χ2v) is 11.4. The average molecular weight is 550 g/mol. The van der Waals surface area contributed by atoms with E-state index in [0.717, 1.165) is 5.56 Å². The number of carbonyl (C=O) groups excluding carboxylic acids is 1. The molecule has 0 N–H and O–H groups in total. The number of carbonyl (C=O) groups is 1. The summed E-state index contributed by atoms with van der Waals surface area (Å²) < 4.78 is 48.4. The van der Waals surface area contributed by atoms with E-state index in [0.29, 0.717) is 22.1 Å². The number of furan rings is 1. The average Bonchev–Trinajstić information content (AvgIpc) is 3.61. The summed E-state index contributed by atoms with van der Waals surface area (Å²) in [4.78, 5) is 19.5. The first kappa shape index (κ1) is 25.8. The minimum atomic E-state index is -3.79. The second-order valence-electron chi connectivity index (χ2n) is 8.49. The number of aromatic nitrogens is 1. The van der Waals surface area contributed by atoms with Crippen molar-refractivity contribution in [2.75, 3.05) is 11.4 Å². The molecule has 0 unspecified atom stereocenters. The van der Waals surface area contributed by atoms with Crippen LogP contribution in [0, 0.1) is 5.82 Å². The maximum atomic E-state index is 14.3. The standard InChI is InChI=1S/C28H24FN3O4S2/c1-2-31(18-20-8-4-3-5-9-20)38(34,35)23-15-13-21(14-16-23)27(33)32(19-22-10-7-17-36-22)28-30-26-24(29)11-6-12-25(26)37-28/h3-17H,2,18-19H2,1H3. The molecule has 0 aliphatic heterocycles. The lowest BCUT2D eigenvalue weighted by Crippen LogP contribution is -2.31. The zero-order chi connectivity index (χ0) is 26.7. The van der Waals surface area contributed by atoms with Crippen molar-refractivity contribution in [1.29, 1.82) is 0 Å². The van der Waals surface area contributed by atoms with Gasteiger partial charge in [0.2, 0.25) is 10.0 Å². The molecule has 0 radical (unpaired) electrons. The van der Waals surface area contributed by atoms with Gasteiger partial charge in [0, 0.05) is 18.7 Å². The maximum Gasteiger partial charge on any atom is 0.260 e. The first-order valence-corrected chi connectivity index (χ1v) is 14.2. The Balaban J connectivity index is 1.44. The normalized spacial score (nSPS) is 11.8. The van der Waals surface area contributed by atoms with E-state index in [-0.39, 0.29) is 29.1 Å². The molecule has 0 spiro atoms. The number of nitrogens with zero attached hydrogens (tertiary/aromatic N) is 3. The van der Waals surface area contributed by atoms with Crippen LogP contribution in [0.4, 0.5) is 9.52 Å². The molecule has 38 heavy (non-hydrogen) atoms. The first-order valence-electron chi connectivity index (χ1n) is 11.9. The second kappa shape index (κ2) is 10.9. The number of benzene rings is 3. The fourth-order valence-electron chi connectivity index (χ4n) is 4.03. The van der Waals surface area contributed by atoms with Crippen LogP contribution < -0.4 is 4.90 Å². The lowest BCUT2D eigenvalue weighted by atomic mass is 10.2. The summed E-state index contributed by atoms with van der Waals surface area (Å²) in [5.74, 6) is -0.362. The van der Waals surface area contributed by atoms with Crippen LogP contribution in [0.1, 0.15) is 28.6 Å². The van der Waals surface area contributed by atoms with Gasteiger partial charge in [0.05, 0.1) is 22.4 Å². The van der Waals surface area contributed by atoms with E-state index < -0.39 is 21.7 Å². The highest BCUT2D eigenvalue weighted by Crippen LogP contribution is 2.32. The Hall–Kier alpha value is -3.86. The van der Waals surface area contributed by atoms with Gasteiger partial charge in [-0.3, -0.25) is 9.69 Å². The summed E-state index contributed by atoms with van der Waals surface area (Å²) >= 11 is 1.19. The van der Waals surface area contributed by atoms with Gasteiger partial charge in [0.25, 0.3) is 5.91 Å². The summed E-state index contributed by atoms with van der Waals surface area (Å²) in [6.07, 6.45) is 1.50. The summed E-state index contributed by atoms with van der Waals surface area (Å²) in [5, 5.41) is 0.309. The van der Waals surface area contributed by atoms with E-state index in [1.54, 1.807) is 31.2 Å². The zero-order valence-electron chi connectivity index (χ0n) is 20.5. The minimum absolute atomic E-state index is 0.0774.